The van der Waals surface area contributed by atoms with Gasteiger partial charge in [0, 0.05) is 0 Å². The van der Waals surface area contributed by atoms with Crippen LogP contribution in [0.25, 0.3) is 11.1 Å². The lowest BCUT2D eigenvalue weighted by Crippen LogP contribution is -2.07. The van der Waals surface area contributed by atoms with E-state index in [9.17, 15) is 0 Å². The average Bonchev–Trinajstić information content (AvgIpc) is 2.41. The molecule has 0 atom stereocenters. The van der Waals surface area contributed by atoms with Gasteiger partial charge >= 0.3 is 0 Å². The summed E-state index contributed by atoms with van der Waals surface area (Å²) < 4.78 is 0. The van der Waals surface area contributed by atoms with Gasteiger partial charge in [-0.3, -0.25) is 0 Å². The maximum absolute atomic E-state index is 4.67. The molecule has 2 aromatic rings. The van der Waals surface area contributed by atoms with Crippen molar-refractivity contribution in [2.75, 3.05) is 0 Å². The van der Waals surface area contributed by atoms with E-state index in [1.807, 2.05) is 26.0 Å². The average molecular weight is 229 g/mol. The molecule has 0 bridgehead atoms. The standard InChI is InChI=1S/C12H10.C3H9NO/c1-3-7-11(8-4-1)12-9-5-2-6-10-12;1-3(2)5-4/h1-10H;3H,4H2,1-2H3. The van der Waals surface area contributed by atoms with Crippen molar-refractivity contribution < 1.29 is 4.84 Å². The predicted octanol–water partition coefficient (Wildman–Crippen LogP) is 3.64. The zero-order chi connectivity index (χ0) is 12.5. The van der Waals surface area contributed by atoms with Crippen LogP contribution in [0, 0.1) is 0 Å². The summed E-state index contributed by atoms with van der Waals surface area (Å²) >= 11 is 0. The molecule has 0 aliphatic rings. The molecule has 0 aliphatic heterocycles. The van der Waals surface area contributed by atoms with Crippen molar-refractivity contribution >= 4 is 0 Å². The third-order valence-electron chi connectivity index (χ3n) is 2.15. The van der Waals surface area contributed by atoms with Gasteiger partial charge in [-0.15, -0.1) is 0 Å². The minimum atomic E-state index is 0.162. The van der Waals surface area contributed by atoms with Crippen LogP contribution in [0.5, 0.6) is 0 Å². The summed E-state index contributed by atoms with van der Waals surface area (Å²) in [6.07, 6.45) is 0.162. The van der Waals surface area contributed by atoms with Crippen LogP contribution < -0.4 is 5.90 Å². The van der Waals surface area contributed by atoms with Crippen molar-refractivity contribution in [3.8, 4) is 11.1 Å². The van der Waals surface area contributed by atoms with Crippen LogP contribution in [-0.4, -0.2) is 6.10 Å². The van der Waals surface area contributed by atoms with Gasteiger partial charge in [-0.05, 0) is 25.0 Å². The Kier molecular flexibility index (Phi) is 6.00. The first-order valence-corrected chi connectivity index (χ1v) is 5.70. The summed E-state index contributed by atoms with van der Waals surface area (Å²) in [5.74, 6) is 4.67. The van der Waals surface area contributed by atoms with Gasteiger partial charge in [0.1, 0.15) is 0 Å². The first kappa shape index (κ1) is 13.4. The summed E-state index contributed by atoms with van der Waals surface area (Å²) in [5, 5.41) is 0. The second-order valence-electron chi connectivity index (χ2n) is 3.92. The molecular formula is C15H19NO. The van der Waals surface area contributed by atoms with Gasteiger partial charge in [-0.1, -0.05) is 60.7 Å². The van der Waals surface area contributed by atoms with E-state index in [0.717, 1.165) is 0 Å². The second kappa shape index (κ2) is 7.60. The van der Waals surface area contributed by atoms with E-state index in [-0.39, 0.29) is 6.10 Å². The Hall–Kier alpha value is -1.64. The van der Waals surface area contributed by atoms with Crippen LogP contribution >= 0.6 is 0 Å². The molecule has 2 N–H and O–H groups in total. The Morgan fingerprint density at radius 2 is 1.06 bits per heavy atom. The van der Waals surface area contributed by atoms with Crippen molar-refractivity contribution in [2.45, 2.75) is 20.0 Å². The molecule has 0 amide bonds. The molecule has 0 spiro atoms. The fraction of sp³-hybridized carbons (Fsp3) is 0.200. The fourth-order valence-electron chi connectivity index (χ4n) is 1.26. The predicted molar refractivity (Wildman–Crippen MR) is 72.3 cm³/mol. The normalized spacial score (nSPS) is 9.65. The minimum absolute atomic E-state index is 0.162. The molecule has 90 valence electrons. The van der Waals surface area contributed by atoms with Crippen molar-refractivity contribution in [3.05, 3.63) is 60.7 Å². The van der Waals surface area contributed by atoms with Gasteiger partial charge in [0.2, 0.25) is 0 Å². The highest BCUT2D eigenvalue weighted by Gasteiger charge is 1.91. The Morgan fingerprint density at radius 3 is 1.29 bits per heavy atom. The zero-order valence-electron chi connectivity index (χ0n) is 10.3. The van der Waals surface area contributed by atoms with E-state index in [4.69, 9.17) is 0 Å². The van der Waals surface area contributed by atoms with Gasteiger partial charge in [0.15, 0.2) is 0 Å². The number of rotatable bonds is 2. The fourth-order valence-corrected chi connectivity index (χ4v) is 1.26. The smallest absolute Gasteiger partial charge is 0.0731 e. The molecule has 2 aromatic carbocycles. The van der Waals surface area contributed by atoms with Gasteiger partial charge in [0.05, 0.1) is 6.10 Å². The molecular weight excluding hydrogens is 210 g/mol. The molecule has 0 saturated carbocycles. The van der Waals surface area contributed by atoms with E-state index in [0.29, 0.717) is 0 Å². The molecule has 17 heavy (non-hydrogen) atoms. The van der Waals surface area contributed by atoms with Crippen molar-refractivity contribution in [1.29, 1.82) is 0 Å². The molecule has 2 heteroatoms. The maximum atomic E-state index is 4.67. The third-order valence-corrected chi connectivity index (χ3v) is 2.15. The second-order valence-corrected chi connectivity index (χ2v) is 3.92. The summed E-state index contributed by atoms with van der Waals surface area (Å²) in [4.78, 5) is 4.25. The summed E-state index contributed by atoms with van der Waals surface area (Å²) in [6, 6.07) is 20.8. The molecule has 0 aromatic heterocycles. The highest BCUT2D eigenvalue weighted by atomic mass is 16.6. The van der Waals surface area contributed by atoms with Gasteiger partial charge in [0.25, 0.3) is 0 Å². The molecule has 0 saturated heterocycles. The molecule has 0 heterocycles. The lowest BCUT2D eigenvalue weighted by Gasteiger charge is -1.98. The van der Waals surface area contributed by atoms with Crippen LogP contribution in [0.2, 0.25) is 0 Å². The van der Waals surface area contributed by atoms with Crippen molar-refractivity contribution in [1.82, 2.24) is 0 Å². The first-order chi connectivity index (χ1) is 8.24. The van der Waals surface area contributed by atoms with Crippen LogP contribution in [-0.2, 0) is 4.84 Å². The lowest BCUT2D eigenvalue weighted by atomic mass is 10.1. The van der Waals surface area contributed by atoms with Gasteiger partial charge < -0.3 is 4.84 Å². The minimum Gasteiger partial charge on any atom is -0.302 e. The molecule has 0 fully saturated rings. The molecule has 0 radical (unpaired) electrons. The third kappa shape index (κ3) is 5.29. The Labute approximate surface area is 103 Å². The molecule has 0 unspecified atom stereocenters. The van der Waals surface area contributed by atoms with E-state index < -0.39 is 0 Å². The number of hydrogen-bond donors (Lipinski definition) is 1. The van der Waals surface area contributed by atoms with Crippen LogP contribution in [0.4, 0.5) is 0 Å². The first-order valence-electron chi connectivity index (χ1n) is 5.70. The quantitative estimate of drug-likeness (QED) is 0.798. The summed E-state index contributed by atoms with van der Waals surface area (Å²) in [7, 11) is 0. The highest BCUT2D eigenvalue weighted by molar-refractivity contribution is 5.62. The van der Waals surface area contributed by atoms with Crippen LogP contribution in [0.1, 0.15) is 13.8 Å². The van der Waals surface area contributed by atoms with Crippen LogP contribution in [0.15, 0.2) is 60.7 Å². The van der Waals surface area contributed by atoms with Crippen molar-refractivity contribution in [3.63, 3.8) is 0 Å². The number of nitrogens with two attached hydrogens (primary N) is 1. The van der Waals surface area contributed by atoms with E-state index in [1.54, 1.807) is 0 Å². The lowest BCUT2D eigenvalue weighted by molar-refractivity contribution is 0.0800. The molecule has 0 aliphatic carbocycles. The molecule has 2 rings (SSSR count). The highest BCUT2D eigenvalue weighted by Crippen LogP contribution is 2.17. The van der Waals surface area contributed by atoms with Crippen LogP contribution in [0.3, 0.4) is 0 Å². The van der Waals surface area contributed by atoms with E-state index in [1.165, 1.54) is 11.1 Å². The molecule has 2 nitrogen and oxygen atoms in total. The Bertz CT molecular complexity index is 360. The number of benzene rings is 2. The number of hydrogen-bond acceptors (Lipinski definition) is 2. The Morgan fingerprint density at radius 1 is 0.765 bits per heavy atom. The monoisotopic (exact) mass is 229 g/mol. The maximum Gasteiger partial charge on any atom is 0.0731 e. The Balaban J connectivity index is 0.000000249. The summed E-state index contributed by atoms with van der Waals surface area (Å²) in [6.45, 7) is 3.75. The summed E-state index contributed by atoms with van der Waals surface area (Å²) in [5.41, 5.74) is 2.55. The van der Waals surface area contributed by atoms with Gasteiger partial charge in [-0.2, -0.15) is 0 Å². The zero-order valence-corrected chi connectivity index (χ0v) is 10.3. The van der Waals surface area contributed by atoms with E-state index in [2.05, 4.69) is 59.3 Å². The van der Waals surface area contributed by atoms with E-state index >= 15 is 0 Å². The van der Waals surface area contributed by atoms with Gasteiger partial charge in [-0.25, -0.2) is 5.90 Å². The topological polar surface area (TPSA) is 35.2 Å². The van der Waals surface area contributed by atoms with Crippen molar-refractivity contribution in [2.24, 2.45) is 5.90 Å². The SMILES string of the molecule is CC(C)ON.c1ccc(-c2ccccc2)cc1. The largest absolute Gasteiger partial charge is 0.302 e.